The standard InChI is InChI=1S/C12H11ClF3NO2/c1-19-11(18)10-4-5-17(10)7-2-3-9(13)8(6-7)12(14,15)16/h2-3,6,10H,4-5H2,1H3. The summed E-state index contributed by atoms with van der Waals surface area (Å²) in [4.78, 5) is 13.0. The topological polar surface area (TPSA) is 29.5 Å². The normalized spacial score (nSPS) is 19.0. The Morgan fingerprint density at radius 1 is 1.47 bits per heavy atom. The Kier molecular flexibility index (Phi) is 3.62. The van der Waals surface area contributed by atoms with Gasteiger partial charge in [-0.25, -0.2) is 4.79 Å². The molecule has 3 nitrogen and oxygen atoms in total. The maximum absolute atomic E-state index is 12.7. The lowest BCUT2D eigenvalue weighted by molar-refractivity contribution is -0.143. The van der Waals surface area contributed by atoms with Crippen LogP contribution in [0.5, 0.6) is 0 Å². The van der Waals surface area contributed by atoms with Crippen LogP contribution in [0.15, 0.2) is 18.2 Å². The second-order valence-corrected chi connectivity index (χ2v) is 4.59. The third kappa shape index (κ3) is 2.63. The molecule has 7 heteroatoms. The van der Waals surface area contributed by atoms with Gasteiger partial charge in [-0.1, -0.05) is 11.6 Å². The number of anilines is 1. The van der Waals surface area contributed by atoms with Crippen molar-refractivity contribution in [2.24, 2.45) is 0 Å². The molecular weight excluding hydrogens is 283 g/mol. The van der Waals surface area contributed by atoms with E-state index in [-0.39, 0.29) is 5.02 Å². The predicted molar refractivity (Wildman–Crippen MR) is 64.2 cm³/mol. The summed E-state index contributed by atoms with van der Waals surface area (Å²) in [6, 6.07) is 3.09. The predicted octanol–water partition coefficient (Wildman–Crippen LogP) is 3.11. The van der Waals surface area contributed by atoms with Gasteiger partial charge in [0.1, 0.15) is 6.04 Å². The molecule has 0 bridgehead atoms. The van der Waals surface area contributed by atoms with Crippen LogP contribution in [0.1, 0.15) is 12.0 Å². The van der Waals surface area contributed by atoms with Crippen LogP contribution in [0, 0.1) is 0 Å². The quantitative estimate of drug-likeness (QED) is 0.785. The number of carbonyl (C=O) groups is 1. The van der Waals surface area contributed by atoms with Crippen LogP contribution >= 0.6 is 11.6 Å². The molecule has 19 heavy (non-hydrogen) atoms. The van der Waals surface area contributed by atoms with E-state index in [0.717, 1.165) is 6.07 Å². The first kappa shape index (κ1) is 14.0. The molecule has 1 aromatic rings. The Labute approximate surface area is 112 Å². The highest BCUT2D eigenvalue weighted by Gasteiger charge is 2.38. The minimum absolute atomic E-state index is 0.318. The summed E-state index contributed by atoms with van der Waals surface area (Å²) in [6.45, 7) is 0.513. The van der Waals surface area contributed by atoms with Gasteiger partial charge in [-0.15, -0.1) is 0 Å². The van der Waals surface area contributed by atoms with Crippen LogP contribution in [0.25, 0.3) is 0 Å². The van der Waals surface area contributed by atoms with Gasteiger partial charge in [0.05, 0.1) is 17.7 Å². The van der Waals surface area contributed by atoms with Gasteiger partial charge in [-0.05, 0) is 24.6 Å². The number of carbonyl (C=O) groups excluding carboxylic acids is 1. The van der Waals surface area contributed by atoms with E-state index < -0.39 is 23.8 Å². The molecule has 1 atom stereocenters. The lowest BCUT2D eigenvalue weighted by Gasteiger charge is -2.40. The van der Waals surface area contributed by atoms with Crippen molar-refractivity contribution in [2.45, 2.75) is 18.6 Å². The lowest BCUT2D eigenvalue weighted by atomic mass is 10.0. The highest BCUT2D eigenvalue weighted by atomic mass is 35.5. The third-order valence-corrected chi connectivity index (χ3v) is 3.41. The molecule has 0 spiro atoms. The zero-order chi connectivity index (χ0) is 14.2. The van der Waals surface area contributed by atoms with Crippen LogP contribution in [-0.2, 0) is 15.7 Å². The average Bonchev–Trinajstić information content (AvgIpc) is 2.28. The minimum Gasteiger partial charge on any atom is -0.467 e. The van der Waals surface area contributed by atoms with E-state index in [1.807, 2.05) is 0 Å². The van der Waals surface area contributed by atoms with Gasteiger partial charge in [0.15, 0.2) is 0 Å². The van der Waals surface area contributed by atoms with E-state index in [9.17, 15) is 18.0 Å². The Morgan fingerprint density at radius 2 is 2.16 bits per heavy atom. The second kappa shape index (κ2) is 4.92. The first-order valence-corrected chi connectivity index (χ1v) is 5.93. The highest BCUT2D eigenvalue weighted by Crippen LogP contribution is 2.38. The Morgan fingerprint density at radius 3 is 2.63 bits per heavy atom. The summed E-state index contributed by atoms with van der Waals surface area (Å²) in [6.07, 6.45) is -3.95. The van der Waals surface area contributed by atoms with Crippen molar-refractivity contribution in [1.82, 2.24) is 0 Å². The minimum atomic E-state index is -4.52. The first-order valence-electron chi connectivity index (χ1n) is 5.56. The SMILES string of the molecule is COC(=O)C1CCN1c1ccc(Cl)c(C(F)(F)F)c1. The zero-order valence-corrected chi connectivity index (χ0v) is 10.8. The third-order valence-electron chi connectivity index (χ3n) is 3.08. The molecule has 0 N–H and O–H groups in total. The summed E-state index contributed by atoms with van der Waals surface area (Å²) in [7, 11) is 1.25. The van der Waals surface area contributed by atoms with Gasteiger partial charge in [0.2, 0.25) is 0 Å². The molecule has 0 aromatic heterocycles. The van der Waals surface area contributed by atoms with Gasteiger partial charge < -0.3 is 9.64 Å². The van der Waals surface area contributed by atoms with Crippen molar-refractivity contribution in [3.05, 3.63) is 28.8 Å². The van der Waals surface area contributed by atoms with Crippen molar-refractivity contribution < 1.29 is 22.7 Å². The summed E-state index contributed by atoms with van der Waals surface area (Å²) in [5, 5.41) is -0.355. The summed E-state index contributed by atoms with van der Waals surface area (Å²) < 4.78 is 42.8. The van der Waals surface area contributed by atoms with E-state index in [1.165, 1.54) is 19.2 Å². The number of methoxy groups -OCH3 is 1. The van der Waals surface area contributed by atoms with Gasteiger partial charge in [0.25, 0.3) is 0 Å². The van der Waals surface area contributed by atoms with Crippen LogP contribution < -0.4 is 4.90 Å². The molecule has 1 heterocycles. The maximum atomic E-state index is 12.7. The number of ether oxygens (including phenoxy) is 1. The molecular formula is C12H11ClF3NO2. The molecule has 0 saturated carbocycles. The summed E-state index contributed by atoms with van der Waals surface area (Å²) >= 11 is 5.54. The van der Waals surface area contributed by atoms with E-state index in [4.69, 9.17) is 11.6 Å². The van der Waals surface area contributed by atoms with Crippen LogP contribution in [-0.4, -0.2) is 25.7 Å². The number of alkyl halides is 3. The van der Waals surface area contributed by atoms with Gasteiger partial charge in [-0.2, -0.15) is 13.2 Å². The average molecular weight is 294 g/mol. The van der Waals surface area contributed by atoms with Crippen molar-refractivity contribution >= 4 is 23.3 Å². The number of benzene rings is 1. The smallest absolute Gasteiger partial charge is 0.417 e. The molecule has 0 radical (unpaired) electrons. The lowest BCUT2D eigenvalue weighted by Crippen LogP contribution is -2.53. The number of halogens is 4. The van der Waals surface area contributed by atoms with E-state index in [2.05, 4.69) is 4.74 Å². The van der Waals surface area contributed by atoms with E-state index in [0.29, 0.717) is 18.7 Å². The van der Waals surface area contributed by atoms with Crippen LogP contribution in [0.2, 0.25) is 5.02 Å². The molecule has 104 valence electrons. The van der Waals surface area contributed by atoms with E-state index >= 15 is 0 Å². The largest absolute Gasteiger partial charge is 0.467 e. The number of hydrogen-bond donors (Lipinski definition) is 0. The molecule has 1 aromatic carbocycles. The van der Waals surface area contributed by atoms with Crippen molar-refractivity contribution in [3.8, 4) is 0 Å². The van der Waals surface area contributed by atoms with Crippen molar-refractivity contribution in [2.75, 3.05) is 18.6 Å². The van der Waals surface area contributed by atoms with Crippen LogP contribution in [0.3, 0.4) is 0 Å². The monoisotopic (exact) mass is 293 g/mol. The fourth-order valence-electron chi connectivity index (χ4n) is 1.99. The van der Waals surface area contributed by atoms with Gasteiger partial charge >= 0.3 is 12.1 Å². The zero-order valence-electron chi connectivity index (χ0n) is 10.00. The maximum Gasteiger partial charge on any atom is 0.417 e. The number of esters is 1. The molecule has 1 fully saturated rings. The fraction of sp³-hybridized carbons (Fsp3) is 0.417. The molecule has 0 aliphatic carbocycles. The number of rotatable bonds is 2. The molecule has 0 amide bonds. The Bertz CT molecular complexity index is 504. The molecule has 2 rings (SSSR count). The van der Waals surface area contributed by atoms with Crippen molar-refractivity contribution in [3.63, 3.8) is 0 Å². The summed E-state index contributed by atoms with van der Waals surface area (Å²) in [5.74, 6) is -0.449. The summed E-state index contributed by atoms with van der Waals surface area (Å²) in [5.41, 5.74) is -0.583. The molecule has 1 saturated heterocycles. The molecule has 1 aliphatic heterocycles. The van der Waals surface area contributed by atoms with E-state index in [1.54, 1.807) is 4.90 Å². The Balaban J connectivity index is 2.30. The first-order chi connectivity index (χ1) is 8.84. The van der Waals surface area contributed by atoms with Gasteiger partial charge in [0, 0.05) is 12.2 Å². The molecule has 1 unspecified atom stereocenters. The van der Waals surface area contributed by atoms with Gasteiger partial charge in [-0.3, -0.25) is 0 Å². The highest BCUT2D eigenvalue weighted by molar-refractivity contribution is 6.31. The Hall–Kier alpha value is -1.43. The molecule has 1 aliphatic rings. The van der Waals surface area contributed by atoms with Crippen molar-refractivity contribution in [1.29, 1.82) is 0 Å². The second-order valence-electron chi connectivity index (χ2n) is 4.18. The fourth-order valence-corrected chi connectivity index (χ4v) is 2.21. The van der Waals surface area contributed by atoms with Crippen LogP contribution in [0.4, 0.5) is 18.9 Å². The number of hydrogen-bond acceptors (Lipinski definition) is 3. The number of nitrogens with zero attached hydrogens (tertiary/aromatic N) is 1.